The van der Waals surface area contributed by atoms with Gasteiger partial charge in [-0.05, 0) is 12.1 Å². The number of amides is 3. The molecule has 0 aromatic carbocycles. The number of hydrogen-bond acceptors (Lipinski definition) is 4. The normalized spacial score (nSPS) is 24.6. The van der Waals surface area contributed by atoms with E-state index in [2.05, 4.69) is 41.7 Å². The molecular formula is C17H26N4O3. The van der Waals surface area contributed by atoms with Gasteiger partial charge in [-0.25, -0.2) is 4.79 Å². The number of rotatable bonds is 6. The van der Waals surface area contributed by atoms with Crippen LogP contribution in [0.25, 0.3) is 0 Å². The zero-order chi connectivity index (χ0) is 17.7. The monoisotopic (exact) mass is 334 g/mol. The van der Waals surface area contributed by atoms with E-state index >= 15 is 0 Å². The molecule has 0 saturated heterocycles. The number of nitrogens with one attached hydrogen (secondary N) is 3. The van der Waals surface area contributed by atoms with Crippen molar-refractivity contribution in [2.75, 3.05) is 20.2 Å². The quantitative estimate of drug-likeness (QED) is 0.681. The Balaban J connectivity index is 1.68. The van der Waals surface area contributed by atoms with Gasteiger partial charge in [0.2, 0.25) is 0 Å². The average molecular weight is 334 g/mol. The molecule has 7 nitrogen and oxygen atoms in total. The minimum atomic E-state index is -0.231. The highest BCUT2D eigenvalue weighted by Crippen LogP contribution is 2.46. The SMILES string of the molecule is CO[C@@H]1[C@H](C)[C@@H](NC(=O)NCCNC(=O)c2cccnc2)C1(C)C. The minimum absolute atomic E-state index is 0.0624. The van der Waals surface area contributed by atoms with E-state index in [1.807, 2.05) is 0 Å². The number of carbonyl (C=O) groups excluding carboxylic acids is 2. The third-order valence-electron chi connectivity index (χ3n) is 4.70. The van der Waals surface area contributed by atoms with Crippen LogP contribution in [0, 0.1) is 11.3 Å². The molecule has 132 valence electrons. The van der Waals surface area contributed by atoms with Gasteiger partial charge >= 0.3 is 6.03 Å². The Labute approximate surface area is 142 Å². The minimum Gasteiger partial charge on any atom is -0.380 e. The molecule has 1 aromatic heterocycles. The summed E-state index contributed by atoms with van der Waals surface area (Å²) in [5.41, 5.74) is 0.401. The Morgan fingerprint density at radius 1 is 1.29 bits per heavy atom. The lowest BCUT2D eigenvalue weighted by Gasteiger charge is -2.56. The van der Waals surface area contributed by atoms with Gasteiger partial charge in [-0.1, -0.05) is 20.8 Å². The molecule has 1 aliphatic carbocycles. The van der Waals surface area contributed by atoms with Crippen LogP contribution in [0.15, 0.2) is 24.5 Å². The van der Waals surface area contributed by atoms with Crippen LogP contribution in [0.2, 0.25) is 0 Å². The van der Waals surface area contributed by atoms with Crippen LogP contribution in [0.3, 0.4) is 0 Å². The Morgan fingerprint density at radius 2 is 2.00 bits per heavy atom. The predicted octanol–water partition coefficient (Wildman–Crippen LogP) is 1.17. The lowest BCUT2D eigenvalue weighted by molar-refractivity contribution is -0.140. The maximum absolute atomic E-state index is 12.0. The summed E-state index contributed by atoms with van der Waals surface area (Å²) < 4.78 is 5.47. The highest BCUT2D eigenvalue weighted by molar-refractivity contribution is 5.93. The van der Waals surface area contributed by atoms with Gasteiger partial charge in [0, 0.05) is 50.0 Å². The molecule has 1 fully saturated rings. The summed E-state index contributed by atoms with van der Waals surface area (Å²) in [6, 6.07) is 3.22. The second kappa shape index (κ2) is 7.61. The third-order valence-corrected chi connectivity index (χ3v) is 4.70. The van der Waals surface area contributed by atoms with Gasteiger partial charge in [0.15, 0.2) is 0 Å². The van der Waals surface area contributed by atoms with Crippen LogP contribution >= 0.6 is 0 Å². The van der Waals surface area contributed by atoms with Crippen molar-refractivity contribution in [1.29, 1.82) is 0 Å². The summed E-state index contributed by atoms with van der Waals surface area (Å²) in [5, 5.41) is 8.48. The fourth-order valence-electron chi connectivity index (χ4n) is 3.57. The van der Waals surface area contributed by atoms with Gasteiger partial charge in [-0.2, -0.15) is 0 Å². The molecular weight excluding hydrogens is 308 g/mol. The summed E-state index contributed by atoms with van der Waals surface area (Å²) in [7, 11) is 1.70. The maximum Gasteiger partial charge on any atom is 0.315 e. The predicted molar refractivity (Wildman–Crippen MR) is 90.6 cm³/mol. The lowest BCUT2D eigenvalue weighted by atomic mass is 9.58. The second-order valence-corrected chi connectivity index (χ2v) is 6.71. The van der Waals surface area contributed by atoms with Gasteiger partial charge < -0.3 is 20.7 Å². The van der Waals surface area contributed by atoms with Crippen molar-refractivity contribution in [3.63, 3.8) is 0 Å². The van der Waals surface area contributed by atoms with Crippen LogP contribution in [-0.2, 0) is 4.74 Å². The molecule has 0 bridgehead atoms. The fourth-order valence-corrected chi connectivity index (χ4v) is 3.57. The zero-order valence-electron chi connectivity index (χ0n) is 14.6. The number of methoxy groups -OCH3 is 1. The lowest BCUT2D eigenvalue weighted by Crippen LogP contribution is -2.68. The number of carbonyl (C=O) groups is 2. The maximum atomic E-state index is 12.0. The van der Waals surface area contributed by atoms with Crippen LogP contribution in [-0.4, -0.2) is 49.3 Å². The average Bonchev–Trinajstić information content (AvgIpc) is 2.57. The summed E-state index contributed by atoms with van der Waals surface area (Å²) in [5.74, 6) is 0.0584. The van der Waals surface area contributed by atoms with Crippen molar-refractivity contribution in [1.82, 2.24) is 20.9 Å². The van der Waals surface area contributed by atoms with E-state index in [0.29, 0.717) is 18.7 Å². The van der Waals surface area contributed by atoms with Gasteiger partial charge in [0.25, 0.3) is 5.91 Å². The molecule has 3 atom stereocenters. The first-order valence-electron chi connectivity index (χ1n) is 8.13. The van der Waals surface area contributed by atoms with Crippen LogP contribution in [0.5, 0.6) is 0 Å². The van der Waals surface area contributed by atoms with E-state index in [9.17, 15) is 9.59 Å². The van der Waals surface area contributed by atoms with E-state index in [0.717, 1.165) is 0 Å². The van der Waals surface area contributed by atoms with Crippen LogP contribution in [0.1, 0.15) is 31.1 Å². The topological polar surface area (TPSA) is 92.4 Å². The van der Waals surface area contributed by atoms with Crippen molar-refractivity contribution in [3.8, 4) is 0 Å². The van der Waals surface area contributed by atoms with Gasteiger partial charge in [0.05, 0.1) is 11.7 Å². The smallest absolute Gasteiger partial charge is 0.315 e. The second-order valence-electron chi connectivity index (χ2n) is 6.71. The summed E-state index contributed by atoms with van der Waals surface area (Å²) in [6.45, 7) is 6.94. The largest absolute Gasteiger partial charge is 0.380 e. The van der Waals surface area contributed by atoms with Crippen molar-refractivity contribution in [2.24, 2.45) is 11.3 Å². The first kappa shape index (κ1) is 18.2. The molecule has 0 radical (unpaired) electrons. The van der Waals surface area contributed by atoms with Crippen LogP contribution in [0.4, 0.5) is 4.79 Å². The zero-order valence-corrected chi connectivity index (χ0v) is 14.6. The number of nitrogens with zero attached hydrogens (tertiary/aromatic N) is 1. The summed E-state index contributed by atoms with van der Waals surface area (Å²) >= 11 is 0. The number of urea groups is 1. The first-order chi connectivity index (χ1) is 11.4. The number of ether oxygens (including phenoxy) is 1. The molecule has 3 amide bonds. The van der Waals surface area contributed by atoms with Crippen LogP contribution < -0.4 is 16.0 Å². The molecule has 3 N–H and O–H groups in total. The van der Waals surface area contributed by atoms with E-state index in [1.54, 1.807) is 25.4 Å². The Bertz CT molecular complexity index is 576. The molecule has 0 aliphatic heterocycles. The molecule has 1 heterocycles. The third kappa shape index (κ3) is 3.84. The van der Waals surface area contributed by atoms with E-state index in [4.69, 9.17) is 4.74 Å². The van der Waals surface area contributed by atoms with Crippen molar-refractivity contribution in [2.45, 2.75) is 32.9 Å². The van der Waals surface area contributed by atoms with Gasteiger partial charge in [-0.15, -0.1) is 0 Å². The molecule has 1 aliphatic rings. The standard InChI is InChI=1S/C17H26N4O3/c1-11-13(17(2,3)14(11)24-4)21-16(23)20-9-8-19-15(22)12-6-5-7-18-10-12/h5-7,10-11,13-14H,8-9H2,1-4H3,(H,19,22)(H2,20,21,23)/t11-,13-,14-/m1/s1. The molecule has 0 spiro atoms. The Hall–Kier alpha value is -2.15. The molecule has 0 unspecified atom stereocenters. The highest BCUT2D eigenvalue weighted by Gasteiger charge is 2.55. The highest BCUT2D eigenvalue weighted by atomic mass is 16.5. The van der Waals surface area contributed by atoms with Crippen molar-refractivity contribution >= 4 is 11.9 Å². The van der Waals surface area contributed by atoms with Crippen molar-refractivity contribution in [3.05, 3.63) is 30.1 Å². The van der Waals surface area contributed by atoms with Gasteiger partial charge in [-0.3, -0.25) is 9.78 Å². The molecule has 1 saturated carbocycles. The molecule has 7 heteroatoms. The molecule has 24 heavy (non-hydrogen) atoms. The number of aromatic nitrogens is 1. The molecule has 1 aromatic rings. The summed E-state index contributed by atoms with van der Waals surface area (Å²) in [6.07, 6.45) is 3.25. The van der Waals surface area contributed by atoms with E-state index in [-0.39, 0.29) is 35.4 Å². The van der Waals surface area contributed by atoms with Crippen molar-refractivity contribution < 1.29 is 14.3 Å². The Morgan fingerprint density at radius 3 is 2.58 bits per heavy atom. The Kier molecular flexibility index (Phi) is 5.77. The fraction of sp³-hybridized carbons (Fsp3) is 0.588. The number of pyridine rings is 1. The number of hydrogen-bond donors (Lipinski definition) is 3. The van der Waals surface area contributed by atoms with E-state index < -0.39 is 0 Å². The first-order valence-corrected chi connectivity index (χ1v) is 8.13. The summed E-state index contributed by atoms with van der Waals surface area (Å²) in [4.78, 5) is 27.7. The van der Waals surface area contributed by atoms with E-state index in [1.165, 1.54) is 6.20 Å². The molecule has 2 rings (SSSR count). The van der Waals surface area contributed by atoms with Gasteiger partial charge in [0.1, 0.15) is 0 Å².